The first-order valence-electron chi connectivity index (χ1n) is 13.7. The summed E-state index contributed by atoms with van der Waals surface area (Å²) < 4.78 is 41.3. The van der Waals surface area contributed by atoms with Gasteiger partial charge in [-0.15, -0.1) is 0 Å². The van der Waals surface area contributed by atoms with Gasteiger partial charge in [-0.05, 0) is 55.7 Å². The first-order chi connectivity index (χ1) is 21.2. The van der Waals surface area contributed by atoms with Crippen molar-refractivity contribution in [2.24, 2.45) is 7.05 Å². The predicted molar refractivity (Wildman–Crippen MR) is 161 cm³/mol. The second-order valence-electron chi connectivity index (χ2n) is 10.3. The number of aryl methyl sites for hydroxylation is 1. The molecule has 2 aromatic heterocycles. The molecule has 0 unspecified atom stereocenters. The lowest BCUT2D eigenvalue weighted by Crippen LogP contribution is -2.49. The van der Waals surface area contributed by atoms with Crippen molar-refractivity contribution in [2.75, 3.05) is 32.5 Å². The van der Waals surface area contributed by atoms with Gasteiger partial charge in [-0.3, -0.25) is 14.4 Å². The van der Waals surface area contributed by atoms with Crippen molar-refractivity contribution < 1.29 is 37.5 Å². The zero-order chi connectivity index (χ0) is 32.9. The van der Waals surface area contributed by atoms with E-state index < -0.39 is 42.2 Å². The number of likely N-dealkylation sites (N-methyl/N-ethyl adjacent to an activating group) is 1. The number of carbonyl (C=O) groups excluding carboxylic acids is 3. The molecular formula is C28H31F3N8O5S. The first-order valence-corrected chi connectivity index (χ1v) is 14.5. The molecule has 1 atom stereocenters. The average Bonchev–Trinajstić information content (AvgIpc) is 3.52. The zero-order valence-corrected chi connectivity index (χ0v) is 25.3. The average molecular weight is 649 g/mol. The van der Waals surface area contributed by atoms with Gasteiger partial charge in [0.25, 0.3) is 5.91 Å². The fraction of sp³-hybridized carbons (Fsp3) is 0.357. The number of rotatable bonds is 12. The Balaban J connectivity index is 1.38. The highest BCUT2D eigenvalue weighted by atomic mass is 32.1. The number of hydrogen-bond donors (Lipinski definition) is 5. The van der Waals surface area contributed by atoms with Crippen molar-refractivity contribution in [2.45, 2.75) is 31.5 Å². The van der Waals surface area contributed by atoms with Gasteiger partial charge in [-0.25, -0.2) is 14.8 Å². The number of hydrogen-bond acceptors (Lipinski definition) is 8. The molecule has 0 aliphatic heterocycles. The number of imidazole rings is 1. The Morgan fingerprint density at radius 2 is 1.78 bits per heavy atom. The number of unbranched alkanes of at least 4 members (excludes halogenated alkanes) is 1. The molecule has 0 aliphatic carbocycles. The highest BCUT2D eigenvalue weighted by molar-refractivity contribution is 7.22. The first kappa shape index (κ1) is 33.0. The minimum Gasteiger partial charge on any atom is -0.465 e. The largest absolute Gasteiger partial charge is 0.465 e. The summed E-state index contributed by atoms with van der Waals surface area (Å²) >= 11 is 1.05. The van der Waals surface area contributed by atoms with E-state index in [0.29, 0.717) is 45.2 Å². The molecule has 2 heterocycles. The van der Waals surface area contributed by atoms with E-state index in [0.717, 1.165) is 23.5 Å². The number of amides is 4. The number of carbonyl (C=O) groups is 4. The Labute approximate surface area is 258 Å². The molecule has 0 bridgehead atoms. The topological polar surface area (TPSA) is 171 Å². The summed E-state index contributed by atoms with van der Waals surface area (Å²) in [7, 11) is 4.83. The molecule has 4 aromatic rings. The summed E-state index contributed by atoms with van der Waals surface area (Å²) in [6.07, 6.45) is -4.36. The fourth-order valence-electron chi connectivity index (χ4n) is 4.45. The summed E-state index contributed by atoms with van der Waals surface area (Å²) in [5, 5.41) is 19.4. The molecule has 4 rings (SSSR count). The van der Waals surface area contributed by atoms with Crippen LogP contribution in [0.1, 0.15) is 35.2 Å². The van der Waals surface area contributed by atoms with Gasteiger partial charge in [0.05, 0.1) is 33.4 Å². The van der Waals surface area contributed by atoms with Crippen LogP contribution in [0.15, 0.2) is 36.4 Å². The second kappa shape index (κ2) is 13.8. The third kappa shape index (κ3) is 8.37. The lowest BCUT2D eigenvalue weighted by molar-refractivity contribution is -0.137. The number of aromatic nitrogens is 3. The van der Waals surface area contributed by atoms with Crippen molar-refractivity contribution in [1.82, 2.24) is 35.4 Å². The van der Waals surface area contributed by atoms with E-state index >= 15 is 0 Å². The SMILES string of the molecule is CN(C)C(=O)[C@H](CCCCNC(=O)O)NC(=O)CNC(=O)c1ccc2c(c1)nc(Nc1nc3ccc(C(F)(F)F)cc3s1)n2C. The van der Waals surface area contributed by atoms with Crippen LogP contribution in [0.2, 0.25) is 0 Å². The number of thiazole rings is 1. The van der Waals surface area contributed by atoms with Crippen molar-refractivity contribution in [1.29, 1.82) is 0 Å². The van der Waals surface area contributed by atoms with E-state index in [1.54, 1.807) is 37.8 Å². The summed E-state index contributed by atoms with van der Waals surface area (Å²) in [4.78, 5) is 58.7. The van der Waals surface area contributed by atoms with E-state index in [1.807, 2.05) is 0 Å². The highest BCUT2D eigenvalue weighted by Gasteiger charge is 2.31. The standard InChI is InChI=1S/C28H31F3N8O5S/c1-38(2)24(42)18(6-4-5-11-32-27(43)44)34-22(40)14-33-23(41)15-7-10-20-19(12-15)35-25(39(20)3)37-26-36-17-9-8-16(28(29,30)31)13-21(17)45-26/h7-10,12-13,18,32H,4-6,11,14H2,1-3H3,(H,33,41)(H,34,40)(H,43,44)(H,35,36,37)/t18-/m0/s1. The van der Waals surface area contributed by atoms with Crippen molar-refractivity contribution in [3.05, 3.63) is 47.5 Å². The van der Waals surface area contributed by atoms with Gasteiger partial charge in [-0.1, -0.05) is 11.3 Å². The molecule has 2 aromatic carbocycles. The van der Waals surface area contributed by atoms with E-state index in [9.17, 15) is 32.3 Å². The maximum Gasteiger partial charge on any atom is 0.416 e. The van der Waals surface area contributed by atoms with Gasteiger partial charge in [0.15, 0.2) is 5.13 Å². The van der Waals surface area contributed by atoms with Gasteiger partial charge < -0.3 is 35.8 Å². The number of halogens is 3. The molecule has 240 valence electrons. The maximum atomic E-state index is 13.1. The van der Waals surface area contributed by atoms with E-state index in [-0.39, 0.29) is 24.4 Å². The van der Waals surface area contributed by atoms with Crippen LogP contribution < -0.4 is 21.3 Å². The molecule has 0 saturated carbocycles. The minimum atomic E-state index is -4.46. The molecule has 0 saturated heterocycles. The molecular weight excluding hydrogens is 617 g/mol. The van der Waals surface area contributed by atoms with Gasteiger partial charge in [0.2, 0.25) is 17.8 Å². The lowest BCUT2D eigenvalue weighted by atomic mass is 10.1. The molecule has 0 radical (unpaired) electrons. The molecule has 4 amide bonds. The van der Waals surface area contributed by atoms with Crippen LogP contribution >= 0.6 is 11.3 Å². The van der Waals surface area contributed by atoms with E-state index in [2.05, 4.69) is 31.2 Å². The van der Waals surface area contributed by atoms with Crippen LogP contribution in [-0.4, -0.2) is 81.6 Å². The summed E-state index contributed by atoms with van der Waals surface area (Å²) in [5.41, 5.74) is 0.984. The van der Waals surface area contributed by atoms with Gasteiger partial charge >= 0.3 is 12.3 Å². The molecule has 13 nitrogen and oxygen atoms in total. The number of carboxylic acid groups (broad SMARTS) is 1. The van der Waals surface area contributed by atoms with Crippen LogP contribution in [0.25, 0.3) is 21.3 Å². The van der Waals surface area contributed by atoms with E-state index in [4.69, 9.17) is 5.11 Å². The zero-order valence-electron chi connectivity index (χ0n) is 24.5. The lowest BCUT2D eigenvalue weighted by Gasteiger charge is -2.22. The predicted octanol–water partition coefficient (Wildman–Crippen LogP) is 3.69. The smallest absolute Gasteiger partial charge is 0.416 e. The molecule has 0 aliphatic rings. The van der Waals surface area contributed by atoms with Gasteiger partial charge in [0, 0.05) is 33.3 Å². The minimum absolute atomic E-state index is 0.217. The highest BCUT2D eigenvalue weighted by Crippen LogP contribution is 2.35. The van der Waals surface area contributed by atoms with Crippen LogP contribution in [0.5, 0.6) is 0 Å². The number of nitrogens with zero attached hydrogens (tertiary/aromatic N) is 4. The summed E-state index contributed by atoms with van der Waals surface area (Å²) in [6.45, 7) is -0.175. The van der Waals surface area contributed by atoms with E-state index in [1.165, 1.54) is 17.0 Å². The number of alkyl halides is 3. The second-order valence-corrected chi connectivity index (χ2v) is 11.3. The van der Waals surface area contributed by atoms with Crippen LogP contribution in [0, 0.1) is 0 Å². The monoisotopic (exact) mass is 648 g/mol. The molecule has 0 fully saturated rings. The number of benzene rings is 2. The third-order valence-electron chi connectivity index (χ3n) is 6.76. The van der Waals surface area contributed by atoms with Crippen LogP contribution in [0.4, 0.5) is 29.0 Å². The van der Waals surface area contributed by atoms with Crippen LogP contribution in [-0.2, 0) is 22.8 Å². The Morgan fingerprint density at radius 1 is 1.02 bits per heavy atom. The van der Waals surface area contributed by atoms with Gasteiger partial charge in [-0.2, -0.15) is 13.2 Å². The van der Waals surface area contributed by atoms with Crippen molar-refractivity contribution in [3.63, 3.8) is 0 Å². The normalized spacial score (nSPS) is 12.1. The summed E-state index contributed by atoms with van der Waals surface area (Å²) in [5.74, 6) is -1.10. The number of anilines is 2. The Bertz CT molecular complexity index is 1740. The third-order valence-corrected chi connectivity index (χ3v) is 7.69. The summed E-state index contributed by atoms with van der Waals surface area (Å²) in [6, 6.07) is 7.24. The Kier molecular flexibility index (Phi) is 10.1. The van der Waals surface area contributed by atoms with Crippen molar-refractivity contribution in [3.8, 4) is 0 Å². The molecule has 45 heavy (non-hydrogen) atoms. The van der Waals surface area contributed by atoms with Gasteiger partial charge in [0.1, 0.15) is 6.04 Å². The quantitative estimate of drug-likeness (QED) is 0.145. The Morgan fingerprint density at radius 3 is 2.47 bits per heavy atom. The Hall–Kier alpha value is -4.93. The number of fused-ring (bicyclic) bond motifs is 2. The fourth-order valence-corrected chi connectivity index (χ4v) is 5.35. The van der Waals surface area contributed by atoms with Crippen molar-refractivity contribution >= 4 is 67.5 Å². The molecule has 0 spiro atoms. The maximum absolute atomic E-state index is 13.1. The van der Waals surface area contributed by atoms with Crippen LogP contribution in [0.3, 0.4) is 0 Å². The number of nitrogens with one attached hydrogen (secondary N) is 4. The molecule has 17 heteroatoms. The molecule has 5 N–H and O–H groups in total.